The second kappa shape index (κ2) is 4.63. The van der Waals surface area contributed by atoms with Crippen molar-refractivity contribution in [2.45, 2.75) is 19.4 Å². The monoisotopic (exact) mass is 264 g/mol. The normalized spacial score (nSPS) is 14.0. The maximum Gasteiger partial charge on any atom is 0.0949 e. The van der Waals surface area contributed by atoms with Crippen LogP contribution in [-0.2, 0) is 13.0 Å². The fraction of sp³-hybridized carbons (Fsp3) is 0.250. The summed E-state index contributed by atoms with van der Waals surface area (Å²) in [6.45, 7) is 1.89. The van der Waals surface area contributed by atoms with Crippen LogP contribution in [0.1, 0.15) is 17.5 Å². The summed E-state index contributed by atoms with van der Waals surface area (Å²) in [5.74, 6) is 0. The maximum atomic E-state index is 4.62. The first-order valence-electron chi connectivity index (χ1n) is 7.00. The molecule has 3 aromatic rings. The molecular formula is C16H16N4. The number of pyridine rings is 1. The number of aromatic nitrogens is 3. The van der Waals surface area contributed by atoms with Gasteiger partial charge in [0.2, 0.25) is 0 Å². The number of imidazole rings is 1. The topological polar surface area (TPSA) is 42.7 Å². The van der Waals surface area contributed by atoms with Crippen LogP contribution in [0.2, 0.25) is 0 Å². The van der Waals surface area contributed by atoms with Gasteiger partial charge in [-0.05, 0) is 30.0 Å². The lowest BCUT2D eigenvalue weighted by Gasteiger charge is -2.19. The van der Waals surface area contributed by atoms with Crippen LogP contribution >= 0.6 is 0 Å². The fourth-order valence-corrected chi connectivity index (χ4v) is 2.86. The van der Waals surface area contributed by atoms with Crippen LogP contribution in [0.25, 0.3) is 10.9 Å². The molecule has 1 aromatic carbocycles. The number of benzene rings is 1. The van der Waals surface area contributed by atoms with Crippen LogP contribution in [0.15, 0.2) is 43.1 Å². The van der Waals surface area contributed by atoms with Gasteiger partial charge in [0.05, 0.1) is 11.8 Å². The molecule has 0 radical (unpaired) electrons. The second-order valence-corrected chi connectivity index (χ2v) is 5.28. The van der Waals surface area contributed by atoms with Crippen molar-refractivity contribution in [3.05, 3.63) is 54.2 Å². The molecule has 2 aromatic heterocycles. The smallest absolute Gasteiger partial charge is 0.0949 e. The molecule has 4 heteroatoms. The number of hydrogen-bond acceptors (Lipinski definition) is 3. The molecule has 0 saturated heterocycles. The predicted octanol–water partition coefficient (Wildman–Crippen LogP) is 2.84. The number of fused-ring (bicyclic) bond motifs is 3. The molecule has 100 valence electrons. The summed E-state index contributed by atoms with van der Waals surface area (Å²) in [5.41, 5.74) is 4.93. The third-order valence-corrected chi connectivity index (χ3v) is 3.86. The number of anilines is 1. The third kappa shape index (κ3) is 1.93. The van der Waals surface area contributed by atoms with E-state index in [1.54, 1.807) is 6.20 Å². The molecule has 3 heterocycles. The van der Waals surface area contributed by atoms with E-state index >= 15 is 0 Å². The number of nitrogens with one attached hydrogen (secondary N) is 1. The quantitative estimate of drug-likeness (QED) is 0.774. The third-order valence-electron chi connectivity index (χ3n) is 3.86. The van der Waals surface area contributed by atoms with Gasteiger partial charge in [0.25, 0.3) is 0 Å². The zero-order valence-electron chi connectivity index (χ0n) is 11.2. The number of aryl methyl sites for hydroxylation is 1. The van der Waals surface area contributed by atoms with Crippen LogP contribution in [0.4, 0.5) is 5.69 Å². The van der Waals surface area contributed by atoms with E-state index in [4.69, 9.17) is 0 Å². The number of nitrogens with zero attached hydrogens (tertiary/aromatic N) is 3. The molecule has 0 spiro atoms. The molecule has 4 rings (SSSR count). The van der Waals surface area contributed by atoms with Gasteiger partial charge in [0.1, 0.15) is 0 Å². The van der Waals surface area contributed by atoms with Gasteiger partial charge in [-0.15, -0.1) is 0 Å². The Bertz CT molecular complexity index is 747. The Labute approximate surface area is 117 Å². The summed E-state index contributed by atoms with van der Waals surface area (Å²) in [6, 6.07) is 6.54. The van der Waals surface area contributed by atoms with Crippen LogP contribution in [0.3, 0.4) is 0 Å². The summed E-state index contributed by atoms with van der Waals surface area (Å²) < 4.78 is 2.07. The molecule has 0 saturated carbocycles. The minimum atomic E-state index is 0.835. The van der Waals surface area contributed by atoms with Gasteiger partial charge in [-0.2, -0.15) is 0 Å². The van der Waals surface area contributed by atoms with E-state index in [0.29, 0.717) is 0 Å². The lowest BCUT2D eigenvalue weighted by Crippen LogP contribution is -2.12. The van der Waals surface area contributed by atoms with Crippen LogP contribution < -0.4 is 5.32 Å². The molecule has 1 aliphatic heterocycles. The first-order valence-corrected chi connectivity index (χ1v) is 7.00. The SMILES string of the molecule is c1cn(Cc2ccc3c4c(cnc3c2)CCCN4)cn1. The van der Waals surface area contributed by atoms with E-state index in [2.05, 4.69) is 38.1 Å². The zero-order chi connectivity index (χ0) is 13.4. The van der Waals surface area contributed by atoms with Gasteiger partial charge in [-0.25, -0.2) is 4.98 Å². The Morgan fingerprint density at radius 2 is 2.30 bits per heavy atom. The minimum absolute atomic E-state index is 0.835. The van der Waals surface area contributed by atoms with Crippen LogP contribution in [0, 0.1) is 0 Å². The van der Waals surface area contributed by atoms with Gasteiger partial charge in [-0.3, -0.25) is 4.98 Å². The van der Waals surface area contributed by atoms with E-state index in [1.807, 2.05) is 18.7 Å². The Morgan fingerprint density at radius 3 is 3.20 bits per heavy atom. The highest BCUT2D eigenvalue weighted by Gasteiger charge is 2.12. The summed E-state index contributed by atoms with van der Waals surface area (Å²) in [5, 5.41) is 4.75. The Morgan fingerprint density at radius 1 is 1.30 bits per heavy atom. The van der Waals surface area contributed by atoms with Gasteiger partial charge in [-0.1, -0.05) is 12.1 Å². The van der Waals surface area contributed by atoms with Crippen molar-refractivity contribution in [2.24, 2.45) is 0 Å². The van der Waals surface area contributed by atoms with Gasteiger partial charge in [0.15, 0.2) is 0 Å². The highest BCUT2D eigenvalue weighted by Crippen LogP contribution is 2.30. The first kappa shape index (κ1) is 11.5. The fourth-order valence-electron chi connectivity index (χ4n) is 2.86. The van der Waals surface area contributed by atoms with Gasteiger partial charge >= 0.3 is 0 Å². The Hall–Kier alpha value is -2.36. The molecule has 4 nitrogen and oxygen atoms in total. The molecule has 0 aliphatic carbocycles. The summed E-state index contributed by atoms with van der Waals surface area (Å²) >= 11 is 0. The summed E-state index contributed by atoms with van der Waals surface area (Å²) in [6.07, 6.45) is 9.96. The van der Waals surface area contributed by atoms with E-state index in [9.17, 15) is 0 Å². The molecule has 0 amide bonds. The van der Waals surface area contributed by atoms with Crippen molar-refractivity contribution < 1.29 is 0 Å². The molecule has 20 heavy (non-hydrogen) atoms. The Balaban J connectivity index is 1.76. The van der Waals surface area contributed by atoms with E-state index in [1.165, 1.54) is 28.6 Å². The predicted molar refractivity (Wildman–Crippen MR) is 79.9 cm³/mol. The molecule has 0 atom stereocenters. The molecule has 0 unspecified atom stereocenters. The largest absolute Gasteiger partial charge is 0.384 e. The van der Waals surface area contributed by atoms with E-state index < -0.39 is 0 Å². The van der Waals surface area contributed by atoms with Crippen molar-refractivity contribution in [2.75, 3.05) is 11.9 Å². The van der Waals surface area contributed by atoms with Crippen molar-refractivity contribution in [3.8, 4) is 0 Å². The van der Waals surface area contributed by atoms with Crippen molar-refractivity contribution in [3.63, 3.8) is 0 Å². The van der Waals surface area contributed by atoms with Crippen molar-refractivity contribution in [1.29, 1.82) is 0 Å². The summed E-state index contributed by atoms with van der Waals surface area (Å²) in [7, 11) is 0. The second-order valence-electron chi connectivity index (χ2n) is 5.28. The van der Waals surface area contributed by atoms with Gasteiger partial charge < -0.3 is 9.88 Å². The van der Waals surface area contributed by atoms with Crippen LogP contribution in [-0.4, -0.2) is 21.1 Å². The van der Waals surface area contributed by atoms with E-state index in [-0.39, 0.29) is 0 Å². The molecule has 0 bridgehead atoms. The maximum absolute atomic E-state index is 4.62. The molecular weight excluding hydrogens is 248 g/mol. The summed E-state index contributed by atoms with van der Waals surface area (Å²) in [4.78, 5) is 8.70. The highest BCUT2D eigenvalue weighted by atomic mass is 15.0. The zero-order valence-corrected chi connectivity index (χ0v) is 11.2. The molecule has 1 N–H and O–H groups in total. The lowest BCUT2D eigenvalue weighted by molar-refractivity contribution is 0.798. The van der Waals surface area contributed by atoms with Crippen molar-refractivity contribution >= 4 is 16.6 Å². The lowest BCUT2D eigenvalue weighted by atomic mass is 10.0. The molecule has 0 fully saturated rings. The standard InChI is InChI=1S/C16H16N4/c1-2-13-9-19-15-8-12(10-20-7-6-17-11-20)3-4-14(15)16(13)18-5-1/h3-4,6-9,11,18H,1-2,5,10H2. The highest BCUT2D eigenvalue weighted by molar-refractivity contribution is 5.93. The van der Waals surface area contributed by atoms with Crippen molar-refractivity contribution in [1.82, 2.24) is 14.5 Å². The molecule has 1 aliphatic rings. The minimum Gasteiger partial charge on any atom is -0.384 e. The van der Waals surface area contributed by atoms with E-state index in [0.717, 1.165) is 25.0 Å². The Kier molecular flexibility index (Phi) is 2.66. The number of hydrogen-bond donors (Lipinski definition) is 1. The first-order chi connectivity index (χ1) is 9.90. The van der Waals surface area contributed by atoms with Crippen LogP contribution in [0.5, 0.6) is 0 Å². The number of rotatable bonds is 2. The average Bonchev–Trinajstić information content (AvgIpc) is 3.00. The van der Waals surface area contributed by atoms with Gasteiger partial charge in [0, 0.05) is 42.8 Å². The average molecular weight is 264 g/mol.